The number of amides is 1. The van der Waals surface area contributed by atoms with Crippen molar-refractivity contribution < 1.29 is 19.1 Å². The summed E-state index contributed by atoms with van der Waals surface area (Å²) in [4.78, 5) is 26.2. The maximum atomic E-state index is 13.0. The predicted octanol–water partition coefficient (Wildman–Crippen LogP) is 6.22. The summed E-state index contributed by atoms with van der Waals surface area (Å²) in [6.07, 6.45) is 6.03. The first-order valence-electron chi connectivity index (χ1n) is 13.2. The number of nitrogens with zero attached hydrogens (tertiary/aromatic N) is 1. The van der Waals surface area contributed by atoms with E-state index in [-0.39, 0.29) is 11.7 Å². The molecular weight excluding hydrogens is 519 g/mol. The Bertz CT molecular complexity index is 1160. The molecule has 1 heterocycles. The molecule has 0 unspecified atom stereocenters. The highest BCUT2D eigenvalue weighted by molar-refractivity contribution is 6.33. The summed E-state index contributed by atoms with van der Waals surface area (Å²) in [5.74, 6) is -1.29. The lowest BCUT2D eigenvalue weighted by atomic mass is 10.1. The first kappa shape index (κ1) is 31.7. The zero-order valence-electron chi connectivity index (χ0n) is 22.6. The molecule has 4 N–H and O–H groups in total. The standard InChI is InChI=1S/C26H30ClFN4O.C4H8O2/c1-2-3-13-29-14-12-19-6-10-23(27)25(15-19)31-18-21-7-11-24(30-17-21)26(33)32-16-20-4-8-22(28)9-5-20;1-2-3-4(5)6/h4-11,15,17,29,31H,2-3,12-14,16,18H2,1H3,(H,32,33);2-3H2,1H3,(H,5,6). The van der Waals surface area contributed by atoms with Gasteiger partial charge in [0.1, 0.15) is 11.5 Å². The predicted molar refractivity (Wildman–Crippen MR) is 155 cm³/mol. The molecule has 1 amide bonds. The SMILES string of the molecule is CCCC(=O)O.CCCCNCCc1ccc(Cl)c(NCc2ccc(C(=O)NCc3ccc(F)cc3)nc2)c1. The molecule has 3 rings (SSSR count). The van der Waals surface area contributed by atoms with E-state index >= 15 is 0 Å². The molecule has 0 bridgehead atoms. The zero-order valence-corrected chi connectivity index (χ0v) is 23.4. The Morgan fingerprint density at radius 3 is 2.26 bits per heavy atom. The minimum absolute atomic E-state index is 0.276. The van der Waals surface area contributed by atoms with Gasteiger partial charge < -0.3 is 21.1 Å². The van der Waals surface area contributed by atoms with Crippen LogP contribution in [0.5, 0.6) is 0 Å². The molecule has 0 fully saturated rings. The van der Waals surface area contributed by atoms with Gasteiger partial charge in [-0.05, 0) is 79.4 Å². The minimum atomic E-state index is -0.711. The summed E-state index contributed by atoms with van der Waals surface area (Å²) in [5.41, 5.74) is 4.19. The lowest BCUT2D eigenvalue weighted by molar-refractivity contribution is -0.137. The minimum Gasteiger partial charge on any atom is -0.481 e. The topological polar surface area (TPSA) is 103 Å². The first-order valence-corrected chi connectivity index (χ1v) is 13.6. The molecule has 0 spiro atoms. The van der Waals surface area contributed by atoms with E-state index in [1.165, 1.54) is 30.5 Å². The van der Waals surface area contributed by atoms with E-state index in [0.29, 0.717) is 30.2 Å². The van der Waals surface area contributed by atoms with Gasteiger partial charge in [0.2, 0.25) is 0 Å². The Labute approximate surface area is 235 Å². The number of aliphatic carboxylic acids is 1. The molecule has 0 aliphatic heterocycles. The number of pyridine rings is 1. The first-order chi connectivity index (χ1) is 18.8. The summed E-state index contributed by atoms with van der Waals surface area (Å²) in [5, 5.41) is 18.2. The molecule has 1 aromatic heterocycles. The average Bonchev–Trinajstić information content (AvgIpc) is 2.93. The van der Waals surface area contributed by atoms with Crippen molar-refractivity contribution in [3.8, 4) is 0 Å². The number of aromatic nitrogens is 1. The highest BCUT2D eigenvalue weighted by Crippen LogP contribution is 2.24. The van der Waals surface area contributed by atoms with Crippen molar-refractivity contribution in [3.05, 3.63) is 94.0 Å². The lowest BCUT2D eigenvalue weighted by Gasteiger charge is -2.11. The van der Waals surface area contributed by atoms with Crippen molar-refractivity contribution in [2.45, 2.75) is 59.0 Å². The number of hydrogen-bond donors (Lipinski definition) is 4. The average molecular weight is 557 g/mol. The quantitative estimate of drug-likeness (QED) is 0.176. The second-order valence-electron chi connectivity index (χ2n) is 9.03. The maximum absolute atomic E-state index is 13.0. The van der Waals surface area contributed by atoms with E-state index in [4.69, 9.17) is 16.7 Å². The summed E-state index contributed by atoms with van der Waals surface area (Å²) in [7, 11) is 0. The van der Waals surface area contributed by atoms with Gasteiger partial charge in [0, 0.05) is 25.7 Å². The van der Waals surface area contributed by atoms with Crippen molar-refractivity contribution in [1.82, 2.24) is 15.6 Å². The number of benzene rings is 2. The van der Waals surface area contributed by atoms with E-state index in [2.05, 4.69) is 40.0 Å². The van der Waals surface area contributed by atoms with Crippen LogP contribution in [0.4, 0.5) is 10.1 Å². The van der Waals surface area contributed by atoms with Gasteiger partial charge in [0.25, 0.3) is 5.91 Å². The van der Waals surface area contributed by atoms with Crippen molar-refractivity contribution in [2.24, 2.45) is 0 Å². The van der Waals surface area contributed by atoms with Crippen LogP contribution in [-0.2, 0) is 24.3 Å². The number of carbonyl (C=O) groups excluding carboxylic acids is 1. The van der Waals surface area contributed by atoms with E-state index < -0.39 is 5.97 Å². The number of anilines is 1. The van der Waals surface area contributed by atoms with Crippen molar-refractivity contribution in [2.75, 3.05) is 18.4 Å². The number of carboxylic acid groups (broad SMARTS) is 1. The van der Waals surface area contributed by atoms with Crippen LogP contribution in [-0.4, -0.2) is 35.1 Å². The van der Waals surface area contributed by atoms with Gasteiger partial charge in [-0.3, -0.25) is 14.6 Å². The van der Waals surface area contributed by atoms with Crippen LogP contribution < -0.4 is 16.0 Å². The van der Waals surface area contributed by atoms with Gasteiger partial charge in [-0.2, -0.15) is 0 Å². The molecule has 3 aromatic rings. The number of carbonyl (C=O) groups is 2. The molecule has 39 heavy (non-hydrogen) atoms. The molecule has 0 saturated carbocycles. The van der Waals surface area contributed by atoms with Crippen LogP contribution in [0.3, 0.4) is 0 Å². The van der Waals surface area contributed by atoms with Crippen LogP contribution in [0.2, 0.25) is 5.02 Å². The lowest BCUT2D eigenvalue weighted by Crippen LogP contribution is -2.23. The Kier molecular flexibility index (Phi) is 14.6. The third-order valence-electron chi connectivity index (χ3n) is 5.70. The fourth-order valence-corrected chi connectivity index (χ4v) is 3.66. The monoisotopic (exact) mass is 556 g/mol. The van der Waals surface area contributed by atoms with Crippen LogP contribution in [0.25, 0.3) is 0 Å². The molecule has 0 aliphatic rings. The van der Waals surface area contributed by atoms with Crippen molar-refractivity contribution >= 4 is 29.2 Å². The highest BCUT2D eigenvalue weighted by atomic mass is 35.5. The number of unbranched alkanes of at least 4 members (excludes halogenated alkanes) is 1. The van der Waals surface area contributed by atoms with Gasteiger partial charge in [-0.25, -0.2) is 4.39 Å². The Morgan fingerprint density at radius 1 is 0.923 bits per heavy atom. The van der Waals surface area contributed by atoms with E-state index in [0.717, 1.165) is 42.7 Å². The zero-order chi connectivity index (χ0) is 28.5. The molecular formula is C30H38ClFN4O3. The molecule has 7 nitrogen and oxygen atoms in total. The highest BCUT2D eigenvalue weighted by Gasteiger charge is 2.08. The number of nitrogens with one attached hydrogen (secondary N) is 3. The van der Waals surface area contributed by atoms with E-state index in [1.807, 2.05) is 19.1 Å². The van der Waals surface area contributed by atoms with Crippen molar-refractivity contribution in [3.63, 3.8) is 0 Å². The van der Waals surface area contributed by atoms with Gasteiger partial charge in [0.05, 0.1) is 10.7 Å². The molecule has 9 heteroatoms. The molecule has 0 radical (unpaired) electrons. The molecule has 0 atom stereocenters. The summed E-state index contributed by atoms with van der Waals surface area (Å²) >= 11 is 6.36. The smallest absolute Gasteiger partial charge is 0.303 e. The summed E-state index contributed by atoms with van der Waals surface area (Å²) in [6, 6.07) is 15.6. The van der Waals surface area contributed by atoms with Gasteiger partial charge in [-0.15, -0.1) is 0 Å². The fourth-order valence-electron chi connectivity index (χ4n) is 3.47. The molecule has 210 valence electrons. The molecule has 0 aliphatic carbocycles. The second-order valence-corrected chi connectivity index (χ2v) is 9.43. The second kappa shape index (κ2) is 17.9. The third kappa shape index (κ3) is 12.7. The van der Waals surface area contributed by atoms with Gasteiger partial charge in [-0.1, -0.05) is 56.1 Å². The number of carboxylic acids is 1. The molecule has 0 saturated heterocycles. The largest absolute Gasteiger partial charge is 0.481 e. The Balaban J connectivity index is 0.000000798. The van der Waals surface area contributed by atoms with Gasteiger partial charge >= 0.3 is 5.97 Å². The van der Waals surface area contributed by atoms with Crippen LogP contribution in [0.15, 0.2) is 60.8 Å². The van der Waals surface area contributed by atoms with Crippen LogP contribution in [0, 0.1) is 5.82 Å². The van der Waals surface area contributed by atoms with Crippen LogP contribution >= 0.6 is 11.6 Å². The normalized spacial score (nSPS) is 10.4. The number of halogens is 2. The third-order valence-corrected chi connectivity index (χ3v) is 6.03. The van der Waals surface area contributed by atoms with Gasteiger partial charge in [0.15, 0.2) is 0 Å². The maximum Gasteiger partial charge on any atom is 0.303 e. The number of hydrogen-bond acceptors (Lipinski definition) is 5. The fraction of sp³-hybridized carbons (Fsp3) is 0.367. The Hall–Kier alpha value is -3.49. The van der Waals surface area contributed by atoms with E-state index in [1.54, 1.807) is 24.4 Å². The van der Waals surface area contributed by atoms with Crippen molar-refractivity contribution in [1.29, 1.82) is 0 Å². The Morgan fingerprint density at radius 2 is 1.64 bits per heavy atom. The molecule has 2 aromatic carbocycles. The summed E-state index contributed by atoms with van der Waals surface area (Å²) in [6.45, 7) is 6.87. The summed E-state index contributed by atoms with van der Waals surface area (Å²) < 4.78 is 13.0. The number of rotatable bonds is 14. The van der Waals surface area contributed by atoms with E-state index in [9.17, 15) is 14.0 Å². The van der Waals surface area contributed by atoms with Crippen LogP contribution in [0.1, 0.15) is 66.7 Å².